The molecule has 8 heteroatoms. The van der Waals surface area contributed by atoms with E-state index in [1.54, 1.807) is 0 Å². The van der Waals surface area contributed by atoms with Gasteiger partial charge in [-0.15, -0.1) is 0 Å². The van der Waals surface area contributed by atoms with Gasteiger partial charge in [0.05, 0.1) is 4.90 Å². The molecule has 1 atom stereocenters. The molecule has 0 radical (unpaired) electrons. The number of hydrogen-bond acceptors (Lipinski definition) is 4. The van der Waals surface area contributed by atoms with Crippen molar-refractivity contribution in [2.24, 2.45) is 5.92 Å². The number of carboxylic acid groups (broad SMARTS) is 1. The zero-order valence-electron chi connectivity index (χ0n) is 14.6. The van der Waals surface area contributed by atoms with E-state index < -0.39 is 27.9 Å². The first-order valence-corrected chi connectivity index (χ1v) is 10.5. The topological polar surface area (TPSA) is 104 Å². The maximum Gasteiger partial charge on any atom is 0.326 e. The number of nitrogens with one attached hydrogen (secondary N) is 1. The van der Waals surface area contributed by atoms with Gasteiger partial charge in [0.1, 0.15) is 6.04 Å². The van der Waals surface area contributed by atoms with Gasteiger partial charge >= 0.3 is 5.97 Å². The smallest absolute Gasteiger partial charge is 0.326 e. The third-order valence-electron chi connectivity index (χ3n) is 4.92. The van der Waals surface area contributed by atoms with E-state index in [0.29, 0.717) is 25.4 Å². The number of aliphatic carboxylic acids is 1. The van der Waals surface area contributed by atoms with Gasteiger partial charge in [0.25, 0.3) is 5.91 Å². The second-order valence-corrected chi connectivity index (χ2v) is 8.97. The zero-order valence-corrected chi connectivity index (χ0v) is 15.4. The lowest BCUT2D eigenvalue weighted by molar-refractivity contribution is -0.139. The summed E-state index contributed by atoms with van der Waals surface area (Å²) in [7, 11) is -3.63. The van der Waals surface area contributed by atoms with Crippen LogP contribution in [0.2, 0.25) is 0 Å². The lowest BCUT2D eigenvalue weighted by Crippen LogP contribution is -2.41. The van der Waals surface area contributed by atoms with Crippen molar-refractivity contribution in [2.45, 2.75) is 49.5 Å². The van der Waals surface area contributed by atoms with Gasteiger partial charge in [-0.05, 0) is 43.4 Å². The number of sulfonamides is 1. The highest BCUT2D eigenvalue weighted by Crippen LogP contribution is 2.33. The minimum absolute atomic E-state index is 0.0705. The molecule has 1 aliphatic carbocycles. The van der Waals surface area contributed by atoms with Gasteiger partial charge in [-0.2, -0.15) is 4.31 Å². The molecule has 1 aromatic carbocycles. The van der Waals surface area contributed by atoms with Crippen LogP contribution in [0.1, 0.15) is 48.9 Å². The van der Waals surface area contributed by atoms with Crippen LogP contribution in [0, 0.1) is 5.92 Å². The summed E-state index contributed by atoms with van der Waals surface area (Å²) in [6.07, 6.45) is 5.08. The number of hydrogen-bond donors (Lipinski definition) is 2. The summed E-state index contributed by atoms with van der Waals surface area (Å²) in [5.41, 5.74) is 0.158. The number of nitrogens with zero attached hydrogens (tertiary/aromatic N) is 1. The second kappa shape index (κ2) is 7.75. The normalized spacial score (nSPS) is 19.7. The Bertz CT molecular complexity index is 783. The second-order valence-electron chi connectivity index (χ2n) is 7.04. The minimum Gasteiger partial charge on any atom is -0.480 e. The molecule has 2 fully saturated rings. The van der Waals surface area contributed by atoms with Crippen molar-refractivity contribution in [3.8, 4) is 0 Å². The molecular formula is C18H24N2O5S. The quantitative estimate of drug-likeness (QED) is 0.751. The Hall–Kier alpha value is -1.93. The molecule has 2 N–H and O–H groups in total. The Morgan fingerprint density at radius 1 is 1.19 bits per heavy atom. The fourth-order valence-electron chi connectivity index (χ4n) is 3.20. The highest BCUT2D eigenvalue weighted by Gasteiger charge is 2.31. The van der Waals surface area contributed by atoms with Gasteiger partial charge in [-0.1, -0.05) is 25.3 Å². The predicted octanol–water partition coefficient (Wildman–Crippen LogP) is 1.84. The molecule has 0 bridgehead atoms. The Labute approximate surface area is 153 Å². The molecule has 1 saturated carbocycles. The summed E-state index contributed by atoms with van der Waals surface area (Å²) in [5, 5.41) is 11.8. The molecule has 1 amide bonds. The van der Waals surface area contributed by atoms with E-state index >= 15 is 0 Å². The van der Waals surface area contributed by atoms with Crippen molar-refractivity contribution in [1.29, 1.82) is 0 Å². The van der Waals surface area contributed by atoms with E-state index in [1.165, 1.54) is 28.6 Å². The van der Waals surface area contributed by atoms with Gasteiger partial charge in [0.2, 0.25) is 10.0 Å². The number of carbonyl (C=O) groups is 2. The molecule has 142 valence electrons. The molecule has 7 nitrogen and oxygen atoms in total. The maximum absolute atomic E-state index is 12.7. The summed E-state index contributed by atoms with van der Waals surface area (Å²) >= 11 is 0. The van der Waals surface area contributed by atoms with Crippen molar-refractivity contribution in [3.63, 3.8) is 0 Å². The van der Waals surface area contributed by atoms with Crippen LogP contribution in [0.4, 0.5) is 0 Å². The van der Waals surface area contributed by atoms with Crippen LogP contribution in [0.5, 0.6) is 0 Å². The first-order valence-electron chi connectivity index (χ1n) is 9.02. The number of amides is 1. The SMILES string of the molecule is O=C(NC(CC1CC1)C(=O)O)c1cccc(S(=O)(=O)N2CCCCC2)c1. The largest absolute Gasteiger partial charge is 0.480 e. The molecule has 1 saturated heterocycles. The minimum atomic E-state index is -3.63. The average Bonchev–Trinajstić information content (AvgIpc) is 3.46. The lowest BCUT2D eigenvalue weighted by Gasteiger charge is -2.26. The number of carboxylic acids is 1. The molecule has 3 rings (SSSR count). The molecule has 1 aliphatic heterocycles. The van der Waals surface area contributed by atoms with Crippen molar-refractivity contribution in [3.05, 3.63) is 29.8 Å². The van der Waals surface area contributed by atoms with Gasteiger partial charge < -0.3 is 10.4 Å². The average molecular weight is 380 g/mol. The van der Waals surface area contributed by atoms with E-state index in [4.69, 9.17) is 0 Å². The van der Waals surface area contributed by atoms with Crippen molar-refractivity contribution < 1.29 is 23.1 Å². The third kappa shape index (κ3) is 4.42. The molecule has 0 spiro atoms. The Morgan fingerprint density at radius 2 is 1.88 bits per heavy atom. The van der Waals surface area contributed by atoms with Gasteiger partial charge in [-0.3, -0.25) is 4.79 Å². The summed E-state index contributed by atoms with van der Waals surface area (Å²) in [6.45, 7) is 0.975. The Kier molecular flexibility index (Phi) is 5.62. The molecule has 2 aliphatic rings. The van der Waals surface area contributed by atoms with E-state index in [-0.39, 0.29) is 10.5 Å². The first-order chi connectivity index (χ1) is 12.4. The van der Waals surface area contributed by atoms with Crippen LogP contribution < -0.4 is 5.32 Å². The van der Waals surface area contributed by atoms with E-state index in [2.05, 4.69) is 5.32 Å². The van der Waals surface area contributed by atoms with E-state index in [1.807, 2.05) is 0 Å². The highest BCUT2D eigenvalue weighted by atomic mass is 32.2. The van der Waals surface area contributed by atoms with Gasteiger partial charge in [0, 0.05) is 18.7 Å². The van der Waals surface area contributed by atoms with Gasteiger partial charge in [0.15, 0.2) is 0 Å². The summed E-state index contributed by atoms with van der Waals surface area (Å²) in [6, 6.07) is 4.87. The number of carbonyl (C=O) groups excluding carboxylic acids is 1. The van der Waals surface area contributed by atoms with E-state index in [0.717, 1.165) is 32.1 Å². The van der Waals surface area contributed by atoms with Crippen LogP contribution in [0.15, 0.2) is 29.2 Å². The van der Waals surface area contributed by atoms with Crippen molar-refractivity contribution in [1.82, 2.24) is 9.62 Å². The molecule has 1 unspecified atom stereocenters. The van der Waals surface area contributed by atoms with E-state index in [9.17, 15) is 23.1 Å². The van der Waals surface area contributed by atoms with Gasteiger partial charge in [-0.25, -0.2) is 13.2 Å². The summed E-state index contributed by atoms with van der Waals surface area (Å²) in [5.74, 6) is -1.28. The van der Waals surface area contributed by atoms with Crippen LogP contribution >= 0.6 is 0 Å². The highest BCUT2D eigenvalue weighted by molar-refractivity contribution is 7.89. The van der Waals surface area contributed by atoms with Crippen LogP contribution in [-0.2, 0) is 14.8 Å². The third-order valence-corrected chi connectivity index (χ3v) is 6.81. The number of benzene rings is 1. The fraction of sp³-hybridized carbons (Fsp3) is 0.556. The Morgan fingerprint density at radius 3 is 2.50 bits per heavy atom. The number of piperidine rings is 1. The molecule has 1 heterocycles. The van der Waals surface area contributed by atoms with Crippen LogP contribution in [0.3, 0.4) is 0 Å². The lowest BCUT2D eigenvalue weighted by atomic mass is 10.1. The first kappa shape index (κ1) is 18.8. The standard InChI is InChI=1S/C18H24N2O5S/c21-17(19-16(18(22)23)11-13-7-8-13)14-5-4-6-15(12-14)26(24,25)20-9-2-1-3-10-20/h4-6,12-13,16H,1-3,7-11H2,(H,19,21)(H,22,23). The predicted molar refractivity (Wildman–Crippen MR) is 95.3 cm³/mol. The van der Waals surface area contributed by atoms with Crippen molar-refractivity contribution in [2.75, 3.05) is 13.1 Å². The Balaban J connectivity index is 1.75. The molecular weight excluding hydrogens is 356 g/mol. The fourth-order valence-corrected chi connectivity index (χ4v) is 4.77. The molecule has 1 aromatic rings. The van der Waals surface area contributed by atoms with Crippen LogP contribution in [0.25, 0.3) is 0 Å². The maximum atomic E-state index is 12.7. The van der Waals surface area contributed by atoms with Crippen LogP contribution in [-0.4, -0.2) is 48.8 Å². The van der Waals surface area contributed by atoms with Crippen molar-refractivity contribution >= 4 is 21.9 Å². The summed E-state index contributed by atoms with van der Waals surface area (Å²) < 4.78 is 26.9. The monoisotopic (exact) mass is 380 g/mol. The summed E-state index contributed by atoms with van der Waals surface area (Å²) in [4.78, 5) is 23.8. The zero-order chi connectivity index (χ0) is 18.7. The number of rotatable bonds is 7. The molecule has 0 aromatic heterocycles. The molecule has 26 heavy (non-hydrogen) atoms.